The molecule has 0 aliphatic heterocycles. The molecule has 0 fully saturated rings. The third kappa shape index (κ3) is 58.9. The molecule has 0 aliphatic rings. The molecule has 0 rings (SSSR count). The molecule has 0 unspecified atom stereocenters. The van der Waals surface area contributed by atoms with Crippen LogP contribution in [0.25, 0.3) is 0 Å². The molecule has 0 N–H and O–H groups in total. The Hall–Kier alpha value is 0.799. The fourth-order valence-electron chi connectivity index (χ4n) is 0. The fraction of sp³-hybridized carbons (Fsp3) is 0.500. The first-order chi connectivity index (χ1) is 2.00. The Morgan fingerprint density at radius 1 is 1.00 bits per heavy atom. The van der Waals surface area contributed by atoms with E-state index in [1.807, 2.05) is 0 Å². The van der Waals surface area contributed by atoms with E-state index >= 15 is 0 Å². The van der Waals surface area contributed by atoms with E-state index in [0.717, 1.165) is 0 Å². The molecule has 0 spiro atoms. The topological polar surface area (TPSA) is 0 Å². The van der Waals surface area contributed by atoms with E-state index in [4.69, 9.17) is 0 Å². The Morgan fingerprint density at radius 2 is 1.00 bits per heavy atom. The maximum Gasteiger partial charge on any atom is 2.00 e. The molecule has 5 heavy (non-hydrogen) atoms. The number of hydrogen-bond acceptors (Lipinski definition) is 0. The maximum atomic E-state index is 3.25. The van der Waals surface area contributed by atoms with Gasteiger partial charge in [0.05, 0.1) is 0 Å². The summed E-state index contributed by atoms with van der Waals surface area (Å²) in [5.41, 5.74) is 0. The van der Waals surface area contributed by atoms with Gasteiger partial charge >= 0.3 is 23.9 Å². The quantitative estimate of drug-likeness (QED) is 0.507. The Bertz CT molecular complexity index is 12.5. The zero-order chi connectivity index (χ0) is 4.00. The molecule has 1 heteroatoms. The van der Waals surface area contributed by atoms with Crippen LogP contribution < -0.4 is 0 Å². The first-order valence-corrected chi connectivity index (χ1v) is 1.41. The first-order valence-electron chi connectivity index (χ1n) is 1.41. The summed E-state index contributed by atoms with van der Waals surface area (Å²) in [4.78, 5) is 0. The normalized spacial score (nSPS) is 2.40. The minimum Gasteiger partial charge on any atom is -0.0654 e. The second-order valence-corrected chi connectivity index (χ2v) is 0. The van der Waals surface area contributed by atoms with Crippen molar-refractivity contribution in [1.29, 1.82) is 0 Å². The predicted molar refractivity (Wildman–Crippen MR) is 36.3 cm³/mol. The maximum absolute atomic E-state index is 3.25. The molecule has 0 amide bonds. The summed E-state index contributed by atoms with van der Waals surface area (Å²) in [5.74, 6) is 0. The molecule has 0 saturated carbocycles. The van der Waals surface area contributed by atoms with Gasteiger partial charge in [-0.25, -0.2) is 0 Å². The smallest absolute Gasteiger partial charge is 0.0654 e. The average molecular weight is 185 g/mol. The SMILES string of the molecule is [CH2]C.[CH2]C.[HH].[HH].[HH].[HH].[Sn+2]. The Morgan fingerprint density at radius 3 is 1.00 bits per heavy atom. The number of rotatable bonds is 0. The van der Waals surface area contributed by atoms with Gasteiger partial charge in [-0.15, -0.1) is 0 Å². The standard InChI is InChI=1S/2C2H5.Sn.4H2/c2*1-2;;;;;/h2*1H2,2H3;;4*1H/q;;+2;;;;. The molecule has 0 aromatic heterocycles. The summed E-state index contributed by atoms with van der Waals surface area (Å²) in [6.07, 6.45) is 0. The zero-order valence-electron chi connectivity index (χ0n) is 3.91. The van der Waals surface area contributed by atoms with Crippen LogP contribution >= 0.6 is 0 Å². The van der Waals surface area contributed by atoms with Crippen LogP contribution in [0.3, 0.4) is 0 Å². The van der Waals surface area contributed by atoms with E-state index < -0.39 is 0 Å². The van der Waals surface area contributed by atoms with Crippen molar-refractivity contribution in [3.8, 4) is 0 Å². The molecule has 0 bridgehead atoms. The zero-order valence-corrected chi connectivity index (χ0v) is 6.77. The van der Waals surface area contributed by atoms with Gasteiger partial charge in [0.2, 0.25) is 0 Å². The van der Waals surface area contributed by atoms with Crippen molar-refractivity contribution >= 4 is 23.9 Å². The molecule has 0 aliphatic carbocycles. The molecule has 0 atom stereocenters. The van der Waals surface area contributed by atoms with E-state index in [-0.39, 0.29) is 29.6 Å². The van der Waals surface area contributed by atoms with Gasteiger partial charge in [0.1, 0.15) is 0 Å². The van der Waals surface area contributed by atoms with Crippen molar-refractivity contribution in [3.05, 3.63) is 13.8 Å². The molecular formula is C4H18Sn+2. The molecule has 0 saturated heterocycles. The minimum absolute atomic E-state index is 0. The first kappa shape index (κ1) is 17.0. The van der Waals surface area contributed by atoms with Gasteiger partial charge in [-0.3, -0.25) is 0 Å². The van der Waals surface area contributed by atoms with Crippen LogP contribution in [0, 0.1) is 13.8 Å². The van der Waals surface area contributed by atoms with Crippen LogP contribution in [-0.4, -0.2) is 23.9 Å². The second kappa shape index (κ2) is 109. The van der Waals surface area contributed by atoms with Crippen LogP contribution in [0.15, 0.2) is 0 Å². The van der Waals surface area contributed by atoms with Crippen molar-refractivity contribution < 1.29 is 5.71 Å². The molecule has 36 valence electrons. The third-order valence-corrected chi connectivity index (χ3v) is 0. The van der Waals surface area contributed by atoms with Crippen LogP contribution in [0.5, 0.6) is 0 Å². The fourth-order valence-corrected chi connectivity index (χ4v) is 0. The van der Waals surface area contributed by atoms with Crippen molar-refractivity contribution in [1.82, 2.24) is 0 Å². The van der Waals surface area contributed by atoms with E-state index in [2.05, 4.69) is 13.8 Å². The molecule has 4 radical (unpaired) electrons. The number of hydrogen-bond donors (Lipinski definition) is 0. The van der Waals surface area contributed by atoms with Gasteiger partial charge in [-0.2, -0.15) is 0 Å². The van der Waals surface area contributed by atoms with E-state index in [1.165, 1.54) is 0 Å². The summed E-state index contributed by atoms with van der Waals surface area (Å²) in [5, 5.41) is 0. The van der Waals surface area contributed by atoms with Gasteiger partial charge in [0, 0.05) is 5.71 Å². The van der Waals surface area contributed by atoms with Gasteiger partial charge < -0.3 is 0 Å². The molecule has 0 aromatic rings. The second-order valence-electron chi connectivity index (χ2n) is 0. The summed E-state index contributed by atoms with van der Waals surface area (Å²) in [6, 6.07) is 0. The molecule has 0 nitrogen and oxygen atoms in total. The predicted octanol–water partition coefficient (Wildman–Crippen LogP) is 2.28. The van der Waals surface area contributed by atoms with Crippen LogP contribution in [-0.2, 0) is 0 Å². The molecule has 0 aromatic carbocycles. The Kier molecular flexibility index (Phi) is 370. The van der Waals surface area contributed by atoms with Crippen molar-refractivity contribution in [2.75, 3.05) is 0 Å². The minimum atomic E-state index is 0. The summed E-state index contributed by atoms with van der Waals surface area (Å²) < 4.78 is 0. The van der Waals surface area contributed by atoms with Gasteiger partial charge in [-0.05, 0) is 0 Å². The van der Waals surface area contributed by atoms with Gasteiger partial charge in [-0.1, -0.05) is 27.7 Å². The monoisotopic (exact) mass is 186 g/mol. The van der Waals surface area contributed by atoms with Crippen LogP contribution in [0.2, 0.25) is 0 Å². The molecule has 0 heterocycles. The Balaban J connectivity index is -0.00000000114. The summed E-state index contributed by atoms with van der Waals surface area (Å²) in [6.45, 7) is 10.0. The van der Waals surface area contributed by atoms with E-state index in [9.17, 15) is 0 Å². The van der Waals surface area contributed by atoms with E-state index in [1.54, 1.807) is 13.8 Å². The average Bonchev–Trinajstić information content (AvgIpc) is 1.50. The van der Waals surface area contributed by atoms with Crippen molar-refractivity contribution in [2.24, 2.45) is 0 Å². The van der Waals surface area contributed by atoms with Crippen molar-refractivity contribution in [2.45, 2.75) is 13.8 Å². The largest absolute Gasteiger partial charge is 2.00 e. The van der Waals surface area contributed by atoms with Gasteiger partial charge in [0.25, 0.3) is 0 Å². The summed E-state index contributed by atoms with van der Waals surface area (Å²) in [7, 11) is 0. The molecular weight excluding hydrogens is 167 g/mol. The summed E-state index contributed by atoms with van der Waals surface area (Å²) >= 11 is 0. The van der Waals surface area contributed by atoms with Crippen molar-refractivity contribution in [3.63, 3.8) is 0 Å². The van der Waals surface area contributed by atoms with Gasteiger partial charge in [0.15, 0.2) is 0 Å². The third-order valence-electron chi connectivity index (χ3n) is 0. The van der Waals surface area contributed by atoms with E-state index in [0.29, 0.717) is 0 Å². The van der Waals surface area contributed by atoms with Crippen LogP contribution in [0.1, 0.15) is 19.6 Å². The van der Waals surface area contributed by atoms with Crippen LogP contribution in [0.4, 0.5) is 0 Å². The Labute approximate surface area is 57.9 Å².